The molecule has 1 aliphatic rings. The molecular weight excluding hydrogens is 172 g/mol. The molecule has 1 heterocycles. The van der Waals surface area contributed by atoms with Crippen LogP contribution in [0.5, 0.6) is 0 Å². The third-order valence-corrected chi connectivity index (χ3v) is 2.28. The average Bonchev–Trinajstić information content (AvgIpc) is 2.03. The lowest BCUT2D eigenvalue weighted by Crippen LogP contribution is -2.56. The van der Waals surface area contributed by atoms with Gasteiger partial charge in [0.05, 0.1) is 12.1 Å². The second-order valence-corrected chi connectivity index (χ2v) is 3.53. The van der Waals surface area contributed by atoms with Crippen molar-refractivity contribution in [3.05, 3.63) is 0 Å². The minimum absolute atomic E-state index is 0.222. The summed E-state index contributed by atoms with van der Waals surface area (Å²) in [5.74, 6) is 0. The van der Waals surface area contributed by atoms with Crippen LogP contribution in [0.2, 0.25) is 0 Å². The number of hydrogen-bond acceptors (Lipinski definition) is 5. The van der Waals surface area contributed by atoms with Gasteiger partial charge in [0.15, 0.2) is 6.29 Å². The van der Waals surface area contributed by atoms with Crippen LogP contribution in [0.3, 0.4) is 0 Å². The Balaban J connectivity index is 2.58. The van der Waals surface area contributed by atoms with Crippen molar-refractivity contribution in [1.82, 2.24) is 0 Å². The highest BCUT2D eigenvalue weighted by Gasteiger charge is 2.37. The third kappa shape index (κ3) is 2.38. The van der Waals surface area contributed by atoms with Crippen molar-refractivity contribution in [2.45, 2.75) is 43.9 Å². The normalized spacial score (nSPS) is 43.2. The standard InChI is InChI=1S/C8H18N2O3/c1-4(9)7-6(11)3-5(10)8(12-2)13-7/h4-8,11H,3,9-10H2,1-2H3/t4-,5-,6+,7-,8+/m1/s1. The molecule has 5 N–H and O–H groups in total. The van der Waals surface area contributed by atoms with E-state index in [1.54, 1.807) is 6.92 Å². The van der Waals surface area contributed by atoms with Gasteiger partial charge in [-0.2, -0.15) is 0 Å². The maximum atomic E-state index is 9.58. The molecule has 0 aromatic carbocycles. The van der Waals surface area contributed by atoms with E-state index in [4.69, 9.17) is 20.9 Å². The fourth-order valence-corrected chi connectivity index (χ4v) is 1.58. The van der Waals surface area contributed by atoms with Crippen molar-refractivity contribution < 1.29 is 14.6 Å². The van der Waals surface area contributed by atoms with Gasteiger partial charge in [-0.05, 0) is 13.3 Å². The monoisotopic (exact) mass is 190 g/mol. The van der Waals surface area contributed by atoms with Gasteiger partial charge in [0, 0.05) is 13.2 Å². The molecule has 13 heavy (non-hydrogen) atoms. The zero-order chi connectivity index (χ0) is 10.0. The Morgan fingerprint density at radius 3 is 2.69 bits per heavy atom. The quantitative estimate of drug-likeness (QED) is 0.508. The van der Waals surface area contributed by atoms with Crippen LogP contribution in [0.15, 0.2) is 0 Å². The highest BCUT2D eigenvalue weighted by atomic mass is 16.7. The van der Waals surface area contributed by atoms with Crippen LogP contribution >= 0.6 is 0 Å². The maximum Gasteiger partial charge on any atom is 0.172 e. The Kier molecular flexibility index (Phi) is 3.63. The second-order valence-electron chi connectivity index (χ2n) is 3.53. The molecule has 1 aliphatic heterocycles. The van der Waals surface area contributed by atoms with E-state index in [0.717, 1.165) is 0 Å². The fourth-order valence-electron chi connectivity index (χ4n) is 1.58. The molecule has 0 amide bonds. The number of methoxy groups -OCH3 is 1. The summed E-state index contributed by atoms with van der Waals surface area (Å²) in [6.07, 6.45) is -0.976. The third-order valence-electron chi connectivity index (χ3n) is 2.28. The van der Waals surface area contributed by atoms with Gasteiger partial charge in [-0.25, -0.2) is 0 Å². The van der Waals surface area contributed by atoms with Crippen LogP contribution in [0, 0.1) is 0 Å². The van der Waals surface area contributed by atoms with Crippen LogP contribution in [-0.4, -0.2) is 42.8 Å². The van der Waals surface area contributed by atoms with E-state index in [2.05, 4.69) is 0 Å². The molecule has 5 atom stereocenters. The zero-order valence-corrected chi connectivity index (χ0v) is 8.01. The van der Waals surface area contributed by atoms with E-state index in [1.807, 2.05) is 0 Å². The molecule has 78 valence electrons. The molecule has 0 bridgehead atoms. The van der Waals surface area contributed by atoms with Gasteiger partial charge in [-0.1, -0.05) is 0 Å². The summed E-state index contributed by atoms with van der Waals surface area (Å²) >= 11 is 0. The Hall–Kier alpha value is -0.200. The first-order chi connectivity index (χ1) is 6.06. The Labute approximate surface area is 78.0 Å². The molecule has 1 fully saturated rings. The highest BCUT2D eigenvalue weighted by Crippen LogP contribution is 2.20. The smallest absolute Gasteiger partial charge is 0.172 e. The first-order valence-electron chi connectivity index (χ1n) is 4.43. The Bertz CT molecular complexity index is 165. The summed E-state index contributed by atoms with van der Waals surface area (Å²) in [6, 6.07) is -0.504. The van der Waals surface area contributed by atoms with Crippen molar-refractivity contribution >= 4 is 0 Å². The number of nitrogens with two attached hydrogens (primary N) is 2. The van der Waals surface area contributed by atoms with E-state index in [0.29, 0.717) is 6.42 Å². The molecule has 0 radical (unpaired) electrons. The number of aliphatic hydroxyl groups is 1. The highest BCUT2D eigenvalue weighted by molar-refractivity contribution is 4.87. The predicted octanol–water partition coefficient (Wildman–Crippen LogP) is -1.22. The van der Waals surface area contributed by atoms with Gasteiger partial charge >= 0.3 is 0 Å². The van der Waals surface area contributed by atoms with Gasteiger partial charge in [0.25, 0.3) is 0 Å². The topological polar surface area (TPSA) is 90.7 Å². The molecule has 0 aromatic heterocycles. The average molecular weight is 190 g/mol. The Morgan fingerprint density at radius 1 is 1.62 bits per heavy atom. The summed E-state index contributed by atoms with van der Waals surface area (Å²) in [5.41, 5.74) is 11.3. The first kappa shape index (κ1) is 10.9. The molecule has 5 heteroatoms. The molecule has 0 saturated carbocycles. The van der Waals surface area contributed by atoms with E-state index in [9.17, 15) is 5.11 Å². The van der Waals surface area contributed by atoms with Crippen LogP contribution in [0.25, 0.3) is 0 Å². The summed E-state index contributed by atoms with van der Waals surface area (Å²) in [5, 5.41) is 9.58. The maximum absolute atomic E-state index is 9.58. The lowest BCUT2D eigenvalue weighted by atomic mass is 9.97. The van der Waals surface area contributed by atoms with Gasteiger partial charge < -0.3 is 26.0 Å². The molecule has 5 nitrogen and oxygen atoms in total. The first-order valence-corrected chi connectivity index (χ1v) is 4.43. The van der Waals surface area contributed by atoms with Crippen LogP contribution in [0.1, 0.15) is 13.3 Å². The van der Waals surface area contributed by atoms with E-state index in [-0.39, 0.29) is 18.2 Å². The van der Waals surface area contributed by atoms with Gasteiger partial charge in [-0.15, -0.1) is 0 Å². The van der Waals surface area contributed by atoms with Crippen molar-refractivity contribution in [3.8, 4) is 0 Å². The lowest BCUT2D eigenvalue weighted by Gasteiger charge is -2.38. The molecule has 1 saturated heterocycles. The van der Waals surface area contributed by atoms with E-state index >= 15 is 0 Å². The van der Waals surface area contributed by atoms with E-state index < -0.39 is 12.4 Å². The van der Waals surface area contributed by atoms with Gasteiger partial charge in [0.2, 0.25) is 0 Å². The number of rotatable bonds is 2. The van der Waals surface area contributed by atoms with Crippen LogP contribution < -0.4 is 11.5 Å². The molecule has 0 spiro atoms. The minimum Gasteiger partial charge on any atom is -0.390 e. The van der Waals surface area contributed by atoms with Crippen molar-refractivity contribution in [1.29, 1.82) is 0 Å². The summed E-state index contributed by atoms with van der Waals surface area (Å²) in [7, 11) is 1.53. The van der Waals surface area contributed by atoms with Crippen molar-refractivity contribution in [3.63, 3.8) is 0 Å². The molecule has 0 aromatic rings. The summed E-state index contributed by atoms with van der Waals surface area (Å²) in [6.45, 7) is 1.79. The summed E-state index contributed by atoms with van der Waals surface area (Å²) < 4.78 is 10.4. The fraction of sp³-hybridized carbons (Fsp3) is 1.00. The van der Waals surface area contributed by atoms with Crippen LogP contribution in [-0.2, 0) is 9.47 Å². The molecule has 0 unspecified atom stereocenters. The number of aliphatic hydroxyl groups excluding tert-OH is 1. The number of hydrogen-bond donors (Lipinski definition) is 3. The second kappa shape index (κ2) is 4.34. The number of ether oxygens (including phenoxy) is 2. The zero-order valence-electron chi connectivity index (χ0n) is 8.01. The Morgan fingerprint density at radius 2 is 2.23 bits per heavy atom. The lowest BCUT2D eigenvalue weighted by molar-refractivity contribution is -0.223. The largest absolute Gasteiger partial charge is 0.390 e. The molecular formula is C8H18N2O3. The van der Waals surface area contributed by atoms with Gasteiger partial charge in [0.1, 0.15) is 6.10 Å². The van der Waals surface area contributed by atoms with Crippen molar-refractivity contribution in [2.75, 3.05) is 7.11 Å². The van der Waals surface area contributed by atoms with Crippen LogP contribution in [0.4, 0.5) is 0 Å². The SMILES string of the molecule is CO[C@H]1O[C@H]([C@@H](C)N)[C@@H](O)C[C@H]1N. The van der Waals surface area contributed by atoms with E-state index in [1.165, 1.54) is 7.11 Å². The molecule has 1 rings (SSSR count). The molecule has 0 aliphatic carbocycles. The predicted molar refractivity (Wildman–Crippen MR) is 47.9 cm³/mol. The van der Waals surface area contributed by atoms with Gasteiger partial charge in [-0.3, -0.25) is 0 Å². The summed E-state index contributed by atoms with van der Waals surface area (Å²) in [4.78, 5) is 0. The van der Waals surface area contributed by atoms with Crippen molar-refractivity contribution in [2.24, 2.45) is 11.5 Å². The minimum atomic E-state index is -0.596.